The van der Waals surface area contributed by atoms with E-state index in [0.29, 0.717) is 0 Å². The Morgan fingerprint density at radius 2 is 2.20 bits per heavy atom. The molecule has 4 nitrogen and oxygen atoms in total. The third-order valence-electron chi connectivity index (χ3n) is 1.69. The maximum Gasteiger partial charge on any atom is 0.270 e. The summed E-state index contributed by atoms with van der Waals surface area (Å²) in [6.07, 6.45) is 2.37. The van der Waals surface area contributed by atoms with Crippen molar-refractivity contribution in [3.8, 4) is 0 Å². The Hall–Kier alpha value is -2.04. The summed E-state index contributed by atoms with van der Waals surface area (Å²) in [5, 5.41) is 10.4. The van der Waals surface area contributed by atoms with Crippen molar-refractivity contribution in [1.29, 1.82) is 0 Å². The number of nitro groups is 1. The van der Waals surface area contributed by atoms with Gasteiger partial charge in [0.05, 0.1) is 4.92 Å². The maximum atomic E-state index is 13.1. The molecule has 0 spiro atoms. The summed E-state index contributed by atoms with van der Waals surface area (Å²) in [6, 6.07) is 3.15. The van der Waals surface area contributed by atoms with Crippen LogP contribution in [0.15, 0.2) is 24.3 Å². The number of allylic oxidation sites excluding steroid dienone is 1. The molecule has 1 rings (SSSR count). The summed E-state index contributed by atoms with van der Waals surface area (Å²) >= 11 is 0. The Kier molecular flexibility index (Phi) is 3.28. The van der Waals surface area contributed by atoms with Gasteiger partial charge in [-0.2, -0.15) is 0 Å². The van der Waals surface area contributed by atoms with Crippen molar-refractivity contribution in [2.24, 2.45) is 0 Å². The number of nitrogens with zero attached hydrogens (tertiary/aromatic N) is 1. The number of ketones is 1. The molecule has 15 heavy (non-hydrogen) atoms. The second-order valence-electron chi connectivity index (χ2n) is 2.91. The van der Waals surface area contributed by atoms with E-state index < -0.39 is 10.7 Å². The Morgan fingerprint density at radius 1 is 1.53 bits per heavy atom. The molecular formula is C10H8FNO3. The van der Waals surface area contributed by atoms with Crippen LogP contribution in [-0.2, 0) is 4.79 Å². The monoisotopic (exact) mass is 209 g/mol. The van der Waals surface area contributed by atoms with Crippen molar-refractivity contribution < 1.29 is 14.1 Å². The van der Waals surface area contributed by atoms with Gasteiger partial charge in [0.2, 0.25) is 0 Å². The van der Waals surface area contributed by atoms with Crippen LogP contribution in [0.4, 0.5) is 10.1 Å². The zero-order chi connectivity index (χ0) is 11.4. The molecule has 0 radical (unpaired) electrons. The highest BCUT2D eigenvalue weighted by Crippen LogP contribution is 2.17. The van der Waals surface area contributed by atoms with E-state index in [9.17, 15) is 19.3 Å². The molecule has 5 heteroatoms. The highest BCUT2D eigenvalue weighted by Gasteiger charge is 2.08. The van der Waals surface area contributed by atoms with Gasteiger partial charge >= 0.3 is 0 Å². The summed E-state index contributed by atoms with van der Waals surface area (Å²) in [7, 11) is 0. The minimum atomic E-state index is -0.620. The zero-order valence-corrected chi connectivity index (χ0v) is 7.94. The molecule has 0 atom stereocenters. The fourth-order valence-corrected chi connectivity index (χ4v) is 0.980. The number of hydrogen-bond donors (Lipinski definition) is 0. The number of benzene rings is 1. The van der Waals surface area contributed by atoms with Gasteiger partial charge in [-0.25, -0.2) is 4.39 Å². The summed E-state index contributed by atoms with van der Waals surface area (Å²) in [6.45, 7) is 1.31. The highest BCUT2D eigenvalue weighted by atomic mass is 19.1. The van der Waals surface area contributed by atoms with Crippen molar-refractivity contribution in [3.05, 3.63) is 45.8 Å². The molecule has 0 saturated carbocycles. The first-order valence-electron chi connectivity index (χ1n) is 4.13. The lowest BCUT2D eigenvalue weighted by Crippen LogP contribution is -1.91. The fraction of sp³-hybridized carbons (Fsp3) is 0.100. The molecule has 0 heterocycles. The number of carbonyl (C=O) groups is 1. The van der Waals surface area contributed by atoms with Gasteiger partial charge < -0.3 is 0 Å². The molecule has 0 aliphatic carbocycles. The molecule has 0 bridgehead atoms. The fourth-order valence-electron chi connectivity index (χ4n) is 0.980. The summed E-state index contributed by atoms with van der Waals surface area (Å²) in [4.78, 5) is 20.4. The van der Waals surface area contributed by atoms with E-state index in [-0.39, 0.29) is 17.0 Å². The maximum absolute atomic E-state index is 13.1. The van der Waals surface area contributed by atoms with Crippen LogP contribution in [0.2, 0.25) is 0 Å². The van der Waals surface area contributed by atoms with E-state index >= 15 is 0 Å². The summed E-state index contributed by atoms with van der Waals surface area (Å²) in [5.41, 5.74) is -0.181. The van der Waals surface area contributed by atoms with Gasteiger partial charge in [-0.05, 0) is 25.1 Å². The van der Waals surface area contributed by atoms with Gasteiger partial charge in [-0.3, -0.25) is 14.9 Å². The predicted molar refractivity (Wildman–Crippen MR) is 52.8 cm³/mol. The van der Waals surface area contributed by atoms with Crippen molar-refractivity contribution >= 4 is 17.5 Å². The van der Waals surface area contributed by atoms with Crippen LogP contribution in [0.3, 0.4) is 0 Å². The lowest BCUT2D eigenvalue weighted by Gasteiger charge is -1.96. The van der Waals surface area contributed by atoms with E-state index in [2.05, 4.69) is 0 Å². The first-order valence-corrected chi connectivity index (χ1v) is 4.13. The average molecular weight is 209 g/mol. The minimum absolute atomic E-state index is 0.0272. The molecule has 0 aliphatic rings. The van der Waals surface area contributed by atoms with Crippen LogP contribution in [0.1, 0.15) is 12.5 Å². The van der Waals surface area contributed by atoms with Crippen molar-refractivity contribution in [3.63, 3.8) is 0 Å². The SMILES string of the molecule is CC(=O)/C=C/c1cc([N+](=O)[O-])ccc1F. The third-order valence-corrected chi connectivity index (χ3v) is 1.69. The average Bonchev–Trinajstić information content (AvgIpc) is 2.16. The smallest absolute Gasteiger partial charge is 0.270 e. The Bertz CT molecular complexity index is 440. The van der Waals surface area contributed by atoms with Gasteiger partial charge in [0.15, 0.2) is 5.78 Å². The molecule has 0 saturated heterocycles. The molecule has 0 fully saturated rings. The van der Waals surface area contributed by atoms with E-state index in [1.54, 1.807) is 0 Å². The van der Waals surface area contributed by atoms with Crippen LogP contribution in [-0.4, -0.2) is 10.7 Å². The second kappa shape index (κ2) is 4.45. The molecule has 0 N–H and O–H groups in total. The molecule has 0 amide bonds. The summed E-state index contributed by atoms with van der Waals surface area (Å²) in [5.74, 6) is -0.848. The number of non-ortho nitro benzene ring substituents is 1. The molecule has 0 aliphatic heterocycles. The number of hydrogen-bond acceptors (Lipinski definition) is 3. The van der Waals surface area contributed by atoms with Gasteiger partial charge in [0, 0.05) is 17.7 Å². The predicted octanol–water partition coefficient (Wildman–Crippen LogP) is 2.34. The van der Waals surface area contributed by atoms with Crippen LogP contribution in [0, 0.1) is 15.9 Å². The molecule has 1 aromatic carbocycles. The first-order chi connectivity index (χ1) is 7.00. The quantitative estimate of drug-likeness (QED) is 0.436. The van der Waals surface area contributed by atoms with E-state index in [1.165, 1.54) is 13.0 Å². The number of nitro benzene ring substituents is 1. The van der Waals surface area contributed by atoms with Crippen LogP contribution in [0.25, 0.3) is 6.08 Å². The first kappa shape index (κ1) is 11.0. The summed E-state index contributed by atoms with van der Waals surface area (Å²) < 4.78 is 13.1. The van der Waals surface area contributed by atoms with Crippen LogP contribution >= 0.6 is 0 Å². The van der Waals surface area contributed by atoms with Gasteiger partial charge in [0.1, 0.15) is 5.82 Å². The molecule has 1 aromatic rings. The lowest BCUT2D eigenvalue weighted by atomic mass is 10.1. The minimum Gasteiger partial charge on any atom is -0.295 e. The van der Waals surface area contributed by atoms with Gasteiger partial charge in [0.25, 0.3) is 5.69 Å². The molecule has 0 aromatic heterocycles. The Balaban J connectivity index is 3.11. The van der Waals surface area contributed by atoms with E-state index in [1.807, 2.05) is 0 Å². The van der Waals surface area contributed by atoms with Gasteiger partial charge in [-0.1, -0.05) is 0 Å². The molecule has 0 unspecified atom stereocenters. The van der Waals surface area contributed by atoms with E-state index in [4.69, 9.17) is 0 Å². The van der Waals surface area contributed by atoms with Crippen LogP contribution < -0.4 is 0 Å². The van der Waals surface area contributed by atoms with E-state index in [0.717, 1.165) is 24.3 Å². The van der Waals surface area contributed by atoms with Crippen molar-refractivity contribution in [1.82, 2.24) is 0 Å². The number of halogens is 1. The third kappa shape index (κ3) is 2.98. The second-order valence-corrected chi connectivity index (χ2v) is 2.91. The molecular weight excluding hydrogens is 201 g/mol. The van der Waals surface area contributed by atoms with Crippen molar-refractivity contribution in [2.75, 3.05) is 0 Å². The Morgan fingerprint density at radius 3 is 2.73 bits per heavy atom. The molecule has 78 valence electrons. The van der Waals surface area contributed by atoms with Crippen LogP contribution in [0.5, 0.6) is 0 Å². The Labute approximate surface area is 85.2 Å². The normalized spacial score (nSPS) is 10.5. The lowest BCUT2D eigenvalue weighted by molar-refractivity contribution is -0.384. The number of rotatable bonds is 3. The van der Waals surface area contributed by atoms with Crippen molar-refractivity contribution in [2.45, 2.75) is 6.92 Å². The number of carbonyl (C=O) groups excluding carboxylic acids is 1. The standard InChI is InChI=1S/C10H8FNO3/c1-7(13)2-3-8-6-9(12(14)15)4-5-10(8)11/h2-6H,1H3/b3-2+. The highest BCUT2D eigenvalue weighted by molar-refractivity contribution is 5.91. The topological polar surface area (TPSA) is 60.2 Å². The zero-order valence-electron chi connectivity index (χ0n) is 7.94. The largest absolute Gasteiger partial charge is 0.295 e. The van der Waals surface area contributed by atoms with Gasteiger partial charge in [-0.15, -0.1) is 0 Å².